The Morgan fingerprint density at radius 1 is 1.17 bits per heavy atom. The zero-order valence-corrected chi connectivity index (χ0v) is 20.9. The number of hydrogen-bond donors (Lipinski definition) is 2. The second kappa shape index (κ2) is 9.32. The lowest BCUT2D eigenvalue weighted by Crippen LogP contribution is -2.30. The van der Waals surface area contributed by atoms with Gasteiger partial charge in [0.15, 0.2) is 11.5 Å². The maximum atomic E-state index is 13.7. The largest absolute Gasteiger partial charge is 0.493 e. The number of amides is 1. The second-order valence-electron chi connectivity index (χ2n) is 9.14. The number of rotatable bonds is 7. The summed E-state index contributed by atoms with van der Waals surface area (Å²) in [6, 6.07) is 15.5. The molecule has 2 heterocycles. The van der Waals surface area contributed by atoms with E-state index in [4.69, 9.17) is 26.8 Å². The van der Waals surface area contributed by atoms with Gasteiger partial charge in [0.25, 0.3) is 5.91 Å². The molecule has 0 bridgehead atoms. The average Bonchev–Trinajstić information content (AvgIpc) is 3.44. The van der Waals surface area contributed by atoms with E-state index in [0.717, 1.165) is 39.5 Å². The van der Waals surface area contributed by atoms with Crippen LogP contribution in [0.25, 0.3) is 21.7 Å². The molecular weight excluding hydrogens is 464 g/mol. The Hall–Kier alpha value is -3.42. The number of carbonyl (C=O) groups excluding carboxylic acids is 1. The Bertz CT molecular complexity index is 1410. The number of halogens is 1. The number of H-pyrrole nitrogens is 1. The van der Waals surface area contributed by atoms with Gasteiger partial charge in [0.05, 0.1) is 12.8 Å². The molecule has 0 aliphatic carbocycles. The first-order chi connectivity index (χ1) is 16.9. The van der Waals surface area contributed by atoms with Gasteiger partial charge in [-0.3, -0.25) is 4.79 Å². The summed E-state index contributed by atoms with van der Waals surface area (Å²) in [5.74, 6) is 1.58. The van der Waals surface area contributed by atoms with Crippen LogP contribution < -0.4 is 20.1 Å². The maximum absolute atomic E-state index is 13.7. The van der Waals surface area contributed by atoms with Crippen LogP contribution in [-0.4, -0.2) is 62.6 Å². The average molecular weight is 493 g/mol. The van der Waals surface area contributed by atoms with Crippen LogP contribution in [0.5, 0.6) is 11.5 Å². The summed E-state index contributed by atoms with van der Waals surface area (Å²) >= 11 is 6.36. The molecule has 1 amide bonds. The highest BCUT2D eigenvalue weighted by Gasteiger charge is 2.35. The van der Waals surface area contributed by atoms with Crippen molar-refractivity contribution in [3.63, 3.8) is 0 Å². The van der Waals surface area contributed by atoms with Gasteiger partial charge in [0.1, 0.15) is 12.3 Å². The van der Waals surface area contributed by atoms with Gasteiger partial charge in [-0.1, -0.05) is 24.3 Å². The van der Waals surface area contributed by atoms with E-state index >= 15 is 0 Å². The molecule has 182 valence electrons. The molecule has 3 aromatic carbocycles. The lowest BCUT2D eigenvalue weighted by molar-refractivity contribution is 0.0984. The lowest BCUT2D eigenvalue weighted by Gasteiger charge is -2.18. The van der Waals surface area contributed by atoms with Crippen molar-refractivity contribution in [1.82, 2.24) is 9.88 Å². The van der Waals surface area contributed by atoms with Crippen LogP contribution in [0.1, 0.15) is 22.0 Å². The normalized spacial score (nSPS) is 15.2. The van der Waals surface area contributed by atoms with Gasteiger partial charge in [0, 0.05) is 52.9 Å². The smallest absolute Gasteiger partial charge is 0.274 e. The van der Waals surface area contributed by atoms with Crippen LogP contribution in [0, 0.1) is 0 Å². The van der Waals surface area contributed by atoms with Crippen molar-refractivity contribution in [2.24, 2.45) is 0 Å². The monoisotopic (exact) mass is 492 g/mol. The molecule has 0 spiro atoms. The zero-order valence-electron chi connectivity index (χ0n) is 20.1. The zero-order chi connectivity index (χ0) is 24.7. The summed E-state index contributed by atoms with van der Waals surface area (Å²) in [6.45, 7) is 1.81. The maximum Gasteiger partial charge on any atom is 0.274 e. The predicted octanol–water partition coefficient (Wildman–Crippen LogP) is 4.84. The Balaban J connectivity index is 1.51. The van der Waals surface area contributed by atoms with Gasteiger partial charge in [0.2, 0.25) is 0 Å². The van der Waals surface area contributed by atoms with E-state index in [-0.39, 0.29) is 11.8 Å². The van der Waals surface area contributed by atoms with Gasteiger partial charge in [-0.25, -0.2) is 0 Å². The molecule has 4 aromatic rings. The van der Waals surface area contributed by atoms with Crippen LogP contribution in [0.15, 0.2) is 48.5 Å². The molecular formula is C27H29ClN4O3. The Labute approximate surface area is 209 Å². The van der Waals surface area contributed by atoms with E-state index in [1.807, 2.05) is 67.5 Å². The summed E-state index contributed by atoms with van der Waals surface area (Å²) in [4.78, 5) is 20.8. The summed E-state index contributed by atoms with van der Waals surface area (Å²) in [7, 11) is 5.60. The van der Waals surface area contributed by atoms with E-state index in [2.05, 4.69) is 4.98 Å². The quantitative estimate of drug-likeness (QED) is 0.285. The second-order valence-corrected chi connectivity index (χ2v) is 9.44. The van der Waals surface area contributed by atoms with Crippen LogP contribution in [0.2, 0.25) is 0 Å². The summed E-state index contributed by atoms with van der Waals surface area (Å²) in [6.07, 6.45) is 0. The van der Waals surface area contributed by atoms with E-state index in [1.165, 1.54) is 0 Å². The van der Waals surface area contributed by atoms with Gasteiger partial charge in [-0.05, 0) is 43.2 Å². The minimum absolute atomic E-state index is 0.0299. The predicted molar refractivity (Wildman–Crippen MR) is 142 cm³/mol. The number of hydrogen-bond acceptors (Lipinski definition) is 5. The van der Waals surface area contributed by atoms with E-state index in [1.54, 1.807) is 12.0 Å². The number of nitrogens with two attached hydrogens (primary N) is 1. The molecule has 0 saturated heterocycles. The summed E-state index contributed by atoms with van der Waals surface area (Å²) in [5, 5.41) is 2.90. The fraction of sp³-hybridized carbons (Fsp3) is 0.296. The Kier molecular flexibility index (Phi) is 6.21. The van der Waals surface area contributed by atoms with Gasteiger partial charge >= 0.3 is 0 Å². The number of likely N-dealkylation sites (N-methyl/N-ethyl adjacent to an activating group) is 1. The highest BCUT2D eigenvalue weighted by Crippen LogP contribution is 2.44. The number of nitrogens with one attached hydrogen (secondary N) is 1. The molecule has 0 radical (unpaired) electrons. The SMILES string of the molecule is COc1cc2cc(C(=O)N3CC(CCl)c4c3cc(N)c3ccccc43)[nH]c2cc1OCCN(C)C. The summed E-state index contributed by atoms with van der Waals surface area (Å²) in [5.41, 5.74) is 10.2. The van der Waals surface area contributed by atoms with E-state index in [9.17, 15) is 4.79 Å². The van der Waals surface area contributed by atoms with Gasteiger partial charge in [-0.2, -0.15) is 0 Å². The number of fused-ring (bicyclic) bond motifs is 4. The van der Waals surface area contributed by atoms with E-state index in [0.29, 0.717) is 41.9 Å². The van der Waals surface area contributed by atoms with Gasteiger partial charge < -0.3 is 30.0 Å². The highest BCUT2D eigenvalue weighted by atomic mass is 35.5. The molecule has 0 fully saturated rings. The third-order valence-corrected chi connectivity index (χ3v) is 6.93. The number of methoxy groups -OCH3 is 1. The van der Waals surface area contributed by atoms with Crippen molar-refractivity contribution in [2.45, 2.75) is 5.92 Å². The van der Waals surface area contributed by atoms with Crippen molar-refractivity contribution >= 4 is 50.6 Å². The van der Waals surface area contributed by atoms with Crippen molar-refractivity contribution in [2.75, 3.05) is 57.4 Å². The molecule has 1 atom stereocenters. The minimum atomic E-state index is -0.126. The number of alkyl halides is 1. The van der Waals surface area contributed by atoms with Crippen molar-refractivity contribution < 1.29 is 14.3 Å². The number of nitrogen functional groups attached to an aromatic ring is 1. The molecule has 3 N–H and O–H groups in total. The topological polar surface area (TPSA) is 83.8 Å². The number of ether oxygens (including phenoxy) is 2. The Morgan fingerprint density at radius 3 is 2.66 bits per heavy atom. The number of nitrogens with zero attached hydrogens (tertiary/aromatic N) is 2. The molecule has 7 nitrogen and oxygen atoms in total. The molecule has 1 aliphatic heterocycles. The van der Waals surface area contributed by atoms with Crippen LogP contribution in [0.3, 0.4) is 0 Å². The highest BCUT2D eigenvalue weighted by molar-refractivity contribution is 6.19. The first-order valence-electron chi connectivity index (χ1n) is 11.6. The molecule has 1 aliphatic rings. The molecule has 8 heteroatoms. The summed E-state index contributed by atoms with van der Waals surface area (Å²) < 4.78 is 11.5. The number of anilines is 2. The molecule has 0 saturated carbocycles. The number of aromatic nitrogens is 1. The van der Waals surface area contributed by atoms with Gasteiger partial charge in [-0.15, -0.1) is 11.6 Å². The molecule has 35 heavy (non-hydrogen) atoms. The first kappa shape index (κ1) is 23.3. The van der Waals surface area contributed by atoms with Crippen molar-refractivity contribution in [3.05, 3.63) is 59.8 Å². The molecule has 1 unspecified atom stereocenters. The minimum Gasteiger partial charge on any atom is -0.493 e. The first-order valence-corrected chi connectivity index (χ1v) is 12.1. The lowest BCUT2D eigenvalue weighted by atomic mass is 9.95. The Morgan fingerprint density at radius 2 is 1.94 bits per heavy atom. The fourth-order valence-corrected chi connectivity index (χ4v) is 5.05. The van der Waals surface area contributed by atoms with Crippen LogP contribution in [0.4, 0.5) is 11.4 Å². The van der Waals surface area contributed by atoms with Crippen LogP contribution in [-0.2, 0) is 0 Å². The third-order valence-electron chi connectivity index (χ3n) is 6.56. The van der Waals surface area contributed by atoms with Crippen molar-refractivity contribution in [3.8, 4) is 11.5 Å². The number of aromatic amines is 1. The van der Waals surface area contributed by atoms with Crippen molar-refractivity contribution in [1.29, 1.82) is 0 Å². The standard InChI is InChI=1S/C27H29ClN4O3/c1-31(2)8-9-35-25-13-21-16(11-24(25)34-3)10-22(30-21)27(33)32-15-17(14-28)26-19-7-5-4-6-18(19)20(29)12-23(26)32/h4-7,10-13,17,30H,8-9,14-15,29H2,1-3H3. The van der Waals surface area contributed by atoms with E-state index < -0.39 is 0 Å². The molecule has 1 aromatic heterocycles. The number of carbonyl (C=O) groups is 1. The number of benzene rings is 3. The fourth-order valence-electron chi connectivity index (χ4n) is 4.80. The third kappa shape index (κ3) is 4.15. The van der Waals surface area contributed by atoms with Crippen LogP contribution >= 0.6 is 11.6 Å². The molecule has 5 rings (SSSR count).